The van der Waals surface area contributed by atoms with E-state index in [1.807, 2.05) is 0 Å². The van der Waals surface area contributed by atoms with Crippen molar-refractivity contribution < 1.29 is 18.7 Å². The van der Waals surface area contributed by atoms with Crippen molar-refractivity contribution in [3.63, 3.8) is 0 Å². The molecule has 5 heteroatoms. The third kappa shape index (κ3) is 2.88. The third-order valence-electron chi connectivity index (χ3n) is 2.60. The highest BCUT2D eigenvalue weighted by Crippen LogP contribution is 2.23. The van der Waals surface area contributed by atoms with Gasteiger partial charge in [-0.1, -0.05) is 11.6 Å². The van der Waals surface area contributed by atoms with Crippen molar-refractivity contribution in [1.29, 1.82) is 0 Å². The molecular formula is C14H11F2NO2. The quantitative estimate of drug-likeness (QED) is 0.887. The molecule has 98 valence electrons. The van der Waals surface area contributed by atoms with Crippen LogP contribution in [0.5, 0.6) is 0 Å². The molecule has 0 heterocycles. The summed E-state index contributed by atoms with van der Waals surface area (Å²) in [7, 11) is 0. The van der Waals surface area contributed by atoms with Gasteiger partial charge < -0.3 is 10.4 Å². The fourth-order valence-corrected chi connectivity index (χ4v) is 1.67. The Morgan fingerprint density at radius 1 is 1.11 bits per heavy atom. The number of carboxylic acids is 1. The molecule has 0 bridgehead atoms. The molecule has 2 aromatic rings. The number of carboxylic acid groups (broad SMARTS) is 1. The van der Waals surface area contributed by atoms with E-state index in [0.717, 1.165) is 17.7 Å². The molecule has 0 atom stereocenters. The molecule has 19 heavy (non-hydrogen) atoms. The Morgan fingerprint density at radius 3 is 2.47 bits per heavy atom. The fraction of sp³-hybridized carbons (Fsp3) is 0.0714. The lowest BCUT2D eigenvalue weighted by Crippen LogP contribution is -2.03. The number of carbonyl (C=O) groups is 1. The summed E-state index contributed by atoms with van der Waals surface area (Å²) < 4.78 is 25.9. The van der Waals surface area contributed by atoms with Crippen LogP contribution in [-0.4, -0.2) is 11.1 Å². The SMILES string of the molecule is Cc1ccc(Nc2ccc(F)c(F)c2)c(C(=O)O)c1. The van der Waals surface area contributed by atoms with E-state index in [1.165, 1.54) is 12.1 Å². The normalized spacial score (nSPS) is 10.3. The summed E-state index contributed by atoms with van der Waals surface area (Å²) in [5.41, 5.74) is 1.48. The van der Waals surface area contributed by atoms with Crippen LogP contribution in [-0.2, 0) is 0 Å². The van der Waals surface area contributed by atoms with Crippen LogP contribution in [0.3, 0.4) is 0 Å². The van der Waals surface area contributed by atoms with Crippen molar-refractivity contribution >= 4 is 17.3 Å². The summed E-state index contributed by atoms with van der Waals surface area (Å²) in [6.07, 6.45) is 0. The van der Waals surface area contributed by atoms with Crippen molar-refractivity contribution in [2.75, 3.05) is 5.32 Å². The van der Waals surface area contributed by atoms with Gasteiger partial charge in [-0.2, -0.15) is 0 Å². The van der Waals surface area contributed by atoms with Crippen LogP contribution in [0.15, 0.2) is 36.4 Å². The van der Waals surface area contributed by atoms with E-state index in [9.17, 15) is 13.6 Å². The van der Waals surface area contributed by atoms with Crippen LogP contribution < -0.4 is 5.32 Å². The standard InChI is InChI=1S/C14H11F2NO2/c1-8-2-5-13(10(6-8)14(18)19)17-9-3-4-11(15)12(16)7-9/h2-7,17H,1H3,(H,18,19). The van der Waals surface area contributed by atoms with Crippen LogP contribution >= 0.6 is 0 Å². The summed E-state index contributed by atoms with van der Waals surface area (Å²) in [4.78, 5) is 11.1. The minimum absolute atomic E-state index is 0.0738. The summed E-state index contributed by atoms with van der Waals surface area (Å²) in [6, 6.07) is 8.11. The number of aryl methyl sites for hydroxylation is 1. The van der Waals surface area contributed by atoms with Crippen molar-refractivity contribution in [2.24, 2.45) is 0 Å². The van der Waals surface area contributed by atoms with Crippen LogP contribution in [0.25, 0.3) is 0 Å². The summed E-state index contributed by atoms with van der Waals surface area (Å²) in [6.45, 7) is 1.77. The van der Waals surface area contributed by atoms with Gasteiger partial charge in [0.15, 0.2) is 11.6 Å². The monoisotopic (exact) mass is 263 g/mol. The van der Waals surface area contributed by atoms with Gasteiger partial charge in [0.05, 0.1) is 11.3 Å². The van der Waals surface area contributed by atoms with Gasteiger partial charge in [0.1, 0.15) is 0 Å². The van der Waals surface area contributed by atoms with Gasteiger partial charge in [0.25, 0.3) is 0 Å². The van der Waals surface area contributed by atoms with Crippen LogP contribution in [0.1, 0.15) is 15.9 Å². The number of benzene rings is 2. The van der Waals surface area contributed by atoms with Crippen molar-refractivity contribution in [1.82, 2.24) is 0 Å². The topological polar surface area (TPSA) is 49.3 Å². The minimum atomic E-state index is -1.09. The lowest BCUT2D eigenvalue weighted by Gasteiger charge is -2.10. The molecule has 0 aromatic heterocycles. The second-order valence-electron chi connectivity index (χ2n) is 4.11. The van der Waals surface area contributed by atoms with E-state index < -0.39 is 17.6 Å². The fourth-order valence-electron chi connectivity index (χ4n) is 1.67. The van der Waals surface area contributed by atoms with Gasteiger partial charge in [-0.3, -0.25) is 0 Å². The number of rotatable bonds is 3. The van der Waals surface area contributed by atoms with E-state index in [1.54, 1.807) is 19.1 Å². The molecule has 3 nitrogen and oxygen atoms in total. The van der Waals surface area contributed by atoms with Crippen LogP contribution in [0.2, 0.25) is 0 Å². The molecule has 0 saturated heterocycles. The maximum absolute atomic E-state index is 13.1. The van der Waals surface area contributed by atoms with E-state index in [2.05, 4.69) is 5.32 Å². The lowest BCUT2D eigenvalue weighted by atomic mass is 10.1. The zero-order valence-electron chi connectivity index (χ0n) is 10.1. The van der Waals surface area contributed by atoms with E-state index in [0.29, 0.717) is 5.69 Å². The van der Waals surface area contributed by atoms with Gasteiger partial charge in [-0.25, -0.2) is 13.6 Å². The number of anilines is 2. The third-order valence-corrected chi connectivity index (χ3v) is 2.60. The molecule has 0 unspecified atom stereocenters. The number of aromatic carboxylic acids is 1. The average Bonchev–Trinajstić information content (AvgIpc) is 2.36. The molecule has 2 rings (SSSR count). The first-order valence-electron chi connectivity index (χ1n) is 5.53. The van der Waals surface area contributed by atoms with E-state index in [4.69, 9.17) is 5.11 Å². The molecule has 0 fully saturated rings. The Labute approximate surface area is 108 Å². The zero-order valence-corrected chi connectivity index (χ0v) is 10.1. The molecule has 0 aliphatic heterocycles. The molecule has 0 aliphatic rings. The van der Waals surface area contributed by atoms with Gasteiger partial charge in [0.2, 0.25) is 0 Å². The molecule has 2 aromatic carbocycles. The molecule has 0 aliphatic carbocycles. The molecule has 0 radical (unpaired) electrons. The number of hydrogen-bond donors (Lipinski definition) is 2. The molecule has 0 amide bonds. The first-order chi connectivity index (χ1) is 8.97. The Morgan fingerprint density at radius 2 is 1.84 bits per heavy atom. The van der Waals surface area contributed by atoms with Crippen LogP contribution in [0, 0.1) is 18.6 Å². The minimum Gasteiger partial charge on any atom is -0.478 e. The smallest absolute Gasteiger partial charge is 0.337 e. The summed E-state index contributed by atoms with van der Waals surface area (Å²) >= 11 is 0. The molecule has 0 saturated carbocycles. The highest BCUT2D eigenvalue weighted by Gasteiger charge is 2.11. The van der Waals surface area contributed by atoms with Crippen LogP contribution in [0.4, 0.5) is 20.2 Å². The highest BCUT2D eigenvalue weighted by atomic mass is 19.2. The number of hydrogen-bond acceptors (Lipinski definition) is 2. The first-order valence-corrected chi connectivity index (χ1v) is 5.53. The summed E-state index contributed by atoms with van der Waals surface area (Å²) in [5, 5.41) is 11.9. The highest BCUT2D eigenvalue weighted by molar-refractivity contribution is 5.95. The second-order valence-corrected chi connectivity index (χ2v) is 4.11. The number of nitrogens with one attached hydrogen (secondary N) is 1. The molecule has 0 spiro atoms. The Balaban J connectivity index is 2.37. The Kier molecular flexibility index (Phi) is 3.46. The largest absolute Gasteiger partial charge is 0.478 e. The van der Waals surface area contributed by atoms with Gasteiger partial charge in [0, 0.05) is 11.8 Å². The predicted octanol–water partition coefficient (Wildman–Crippen LogP) is 3.72. The zero-order chi connectivity index (χ0) is 14.0. The lowest BCUT2D eigenvalue weighted by molar-refractivity contribution is 0.0698. The van der Waals surface area contributed by atoms with Gasteiger partial charge in [-0.05, 0) is 31.2 Å². The van der Waals surface area contributed by atoms with Crippen molar-refractivity contribution in [3.05, 3.63) is 59.2 Å². The van der Waals surface area contributed by atoms with E-state index in [-0.39, 0.29) is 11.3 Å². The Bertz CT molecular complexity index is 641. The van der Waals surface area contributed by atoms with Gasteiger partial charge >= 0.3 is 5.97 Å². The molecular weight excluding hydrogens is 252 g/mol. The molecule has 2 N–H and O–H groups in total. The maximum atomic E-state index is 13.1. The Hall–Kier alpha value is -2.43. The average molecular weight is 263 g/mol. The van der Waals surface area contributed by atoms with Crippen molar-refractivity contribution in [2.45, 2.75) is 6.92 Å². The maximum Gasteiger partial charge on any atom is 0.337 e. The second kappa shape index (κ2) is 5.06. The van der Waals surface area contributed by atoms with Gasteiger partial charge in [-0.15, -0.1) is 0 Å². The van der Waals surface area contributed by atoms with E-state index >= 15 is 0 Å². The van der Waals surface area contributed by atoms with Crippen molar-refractivity contribution in [3.8, 4) is 0 Å². The summed E-state index contributed by atoms with van der Waals surface area (Å²) in [5.74, 6) is -3.03. The predicted molar refractivity (Wildman–Crippen MR) is 67.8 cm³/mol. The first kappa shape index (κ1) is 13.0. The number of halogens is 2.